The third kappa shape index (κ3) is 3.92. The van der Waals surface area contributed by atoms with Crippen molar-refractivity contribution in [1.29, 1.82) is 0 Å². The lowest BCUT2D eigenvalue weighted by Gasteiger charge is -2.22. The zero-order valence-electron chi connectivity index (χ0n) is 17.3. The molecule has 0 aromatic heterocycles. The number of anilines is 1. The van der Waals surface area contributed by atoms with Crippen molar-refractivity contribution in [3.8, 4) is 11.1 Å². The first-order chi connectivity index (χ1) is 14.3. The number of nitrogens with zero attached hydrogens (tertiary/aromatic N) is 1. The molecule has 0 bridgehead atoms. The van der Waals surface area contributed by atoms with Gasteiger partial charge in [-0.3, -0.25) is 4.90 Å². The van der Waals surface area contributed by atoms with Crippen LogP contribution in [-0.2, 0) is 6.42 Å². The van der Waals surface area contributed by atoms with Crippen molar-refractivity contribution in [3.63, 3.8) is 0 Å². The SMILES string of the molecule is O=C(NC1CCCC1)N1CCc2cc(-c3ccc(C4CCCCC4)cc3)ccc21. The lowest BCUT2D eigenvalue weighted by Crippen LogP contribution is -2.43. The quantitative estimate of drug-likeness (QED) is 0.647. The predicted molar refractivity (Wildman–Crippen MR) is 120 cm³/mol. The van der Waals surface area contributed by atoms with Gasteiger partial charge in [0.05, 0.1) is 0 Å². The highest BCUT2D eigenvalue weighted by Crippen LogP contribution is 2.35. The molecule has 0 atom stereocenters. The molecule has 0 radical (unpaired) electrons. The fourth-order valence-electron chi connectivity index (χ4n) is 5.50. The first-order valence-electron chi connectivity index (χ1n) is 11.6. The molecule has 1 N–H and O–H groups in total. The van der Waals surface area contributed by atoms with Crippen LogP contribution in [0, 0.1) is 0 Å². The van der Waals surface area contributed by atoms with Gasteiger partial charge in [0.2, 0.25) is 0 Å². The van der Waals surface area contributed by atoms with Crippen LogP contribution in [0.5, 0.6) is 0 Å². The predicted octanol–water partition coefficient (Wildman–Crippen LogP) is 6.42. The minimum Gasteiger partial charge on any atom is -0.335 e. The second-order valence-corrected chi connectivity index (χ2v) is 9.13. The van der Waals surface area contributed by atoms with Crippen LogP contribution in [0.4, 0.5) is 10.5 Å². The fourth-order valence-corrected chi connectivity index (χ4v) is 5.50. The van der Waals surface area contributed by atoms with Gasteiger partial charge in [-0.1, -0.05) is 62.4 Å². The van der Waals surface area contributed by atoms with E-state index in [1.165, 1.54) is 67.2 Å². The summed E-state index contributed by atoms with van der Waals surface area (Å²) in [6.45, 7) is 0.790. The van der Waals surface area contributed by atoms with E-state index in [4.69, 9.17) is 0 Å². The number of amides is 2. The van der Waals surface area contributed by atoms with Crippen LogP contribution < -0.4 is 10.2 Å². The van der Waals surface area contributed by atoms with E-state index < -0.39 is 0 Å². The molecular weight excluding hydrogens is 356 g/mol. The van der Waals surface area contributed by atoms with Crippen molar-refractivity contribution in [2.45, 2.75) is 76.2 Å². The van der Waals surface area contributed by atoms with Gasteiger partial charge in [-0.2, -0.15) is 0 Å². The number of carbonyl (C=O) groups excluding carboxylic acids is 1. The van der Waals surface area contributed by atoms with Gasteiger partial charge in [-0.25, -0.2) is 4.79 Å². The van der Waals surface area contributed by atoms with E-state index in [0.29, 0.717) is 6.04 Å². The van der Waals surface area contributed by atoms with Crippen LogP contribution in [0.15, 0.2) is 42.5 Å². The van der Waals surface area contributed by atoms with E-state index in [-0.39, 0.29) is 6.03 Å². The molecule has 2 saturated carbocycles. The van der Waals surface area contributed by atoms with E-state index in [9.17, 15) is 4.79 Å². The maximum absolute atomic E-state index is 12.7. The Morgan fingerprint density at radius 3 is 2.28 bits per heavy atom. The Labute approximate surface area is 174 Å². The highest BCUT2D eigenvalue weighted by Gasteiger charge is 2.27. The van der Waals surface area contributed by atoms with Crippen molar-refractivity contribution >= 4 is 11.7 Å². The average Bonchev–Trinajstić information content (AvgIpc) is 3.44. The van der Waals surface area contributed by atoms with Crippen LogP contribution in [0.1, 0.15) is 74.8 Å². The normalized spacial score (nSPS) is 20.1. The summed E-state index contributed by atoms with van der Waals surface area (Å²) in [7, 11) is 0. The van der Waals surface area contributed by atoms with E-state index in [2.05, 4.69) is 47.8 Å². The monoisotopic (exact) mass is 388 g/mol. The maximum Gasteiger partial charge on any atom is 0.322 e. The highest BCUT2D eigenvalue weighted by molar-refractivity contribution is 5.95. The van der Waals surface area contributed by atoms with Gasteiger partial charge in [0, 0.05) is 18.3 Å². The number of benzene rings is 2. The number of hydrogen-bond acceptors (Lipinski definition) is 1. The molecule has 1 aliphatic heterocycles. The van der Waals surface area contributed by atoms with Crippen molar-refractivity contribution in [2.75, 3.05) is 11.4 Å². The summed E-state index contributed by atoms with van der Waals surface area (Å²) in [4.78, 5) is 14.7. The molecule has 3 nitrogen and oxygen atoms in total. The van der Waals surface area contributed by atoms with Crippen molar-refractivity contribution in [2.24, 2.45) is 0 Å². The Morgan fingerprint density at radius 1 is 0.828 bits per heavy atom. The maximum atomic E-state index is 12.7. The van der Waals surface area contributed by atoms with Crippen LogP contribution in [0.2, 0.25) is 0 Å². The van der Waals surface area contributed by atoms with Gasteiger partial charge in [0.15, 0.2) is 0 Å². The van der Waals surface area contributed by atoms with Crippen LogP contribution in [0.3, 0.4) is 0 Å². The molecule has 5 rings (SSSR count). The van der Waals surface area contributed by atoms with Crippen LogP contribution in [0.25, 0.3) is 11.1 Å². The Bertz CT molecular complexity index is 861. The Hall–Kier alpha value is -2.29. The van der Waals surface area contributed by atoms with E-state index >= 15 is 0 Å². The molecule has 2 fully saturated rings. The third-order valence-electron chi connectivity index (χ3n) is 7.22. The molecule has 3 aliphatic rings. The molecule has 2 amide bonds. The van der Waals surface area contributed by atoms with Gasteiger partial charge >= 0.3 is 6.03 Å². The summed E-state index contributed by atoms with van der Waals surface area (Å²) >= 11 is 0. The summed E-state index contributed by atoms with van der Waals surface area (Å²) in [5, 5.41) is 3.23. The molecule has 29 heavy (non-hydrogen) atoms. The summed E-state index contributed by atoms with van der Waals surface area (Å²) in [5.41, 5.74) is 6.42. The third-order valence-corrected chi connectivity index (χ3v) is 7.22. The topological polar surface area (TPSA) is 32.3 Å². The first-order valence-corrected chi connectivity index (χ1v) is 11.6. The minimum absolute atomic E-state index is 0.0836. The van der Waals surface area contributed by atoms with Gasteiger partial charge in [-0.05, 0) is 72.4 Å². The zero-order chi connectivity index (χ0) is 19.6. The molecule has 2 aromatic carbocycles. The second kappa shape index (κ2) is 8.22. The average molecular weight is 389 g/mol. The van der Waals surface area contributed by atoms with E-state index in [1.807, 2.05) is 4.90 Å². The number of nitrogens with one attached hydrogen (secondary N) is 1. The number of rotatable bonds is 3. The van der Waals surface area contributed by atoms with Crippen molar-refractivity contribution in [1.82, 2.24) is 5.32 Å². The molecule has 2 aromatic rings. The molecular formula is C26H32N2O. The van der Waals surface area contributed by atoms with Gasteiger partial charge in [-0.15, -0.1) is 0 Å². The molecule has 2 aliphatic carbocycles. The fraction of sp³-hybridized carbons (Fsp3) is 0.500. The smallest absolute Gasteiger partial charge is 0.322 e. The molecule has 1 heterocycles. The molecule has 0 spiro atoms. The number of urea groups is 1. The molecule has 0 unspecified atom stereocenters. The number of carbonyl (C=O) groups is 1. The lowest BCUT2D eigenvalue weighted by molar-refractivity contribution is 0.243. The minimum atomic E-state index is 0.0836. The Morgan fingerprint density at radius 2 is 1.52 bits per heavy atom. The number of hydrogen-bond donors (Lipinski definition) is 1. The zero-order valence-corrected chi connectivity index (χ0v) is 17.3. The summed E-state index contributed by atoms with van der Waals surface area (Å²) in [6.07, 6.45) is 12.5. The van der Waals surface area contributed by atoms with E-state index in [0.717, 1.165) is 37.4 Å². The first kappa shape index (κ1) is 18.7. The second-order valence-electron chi connectivity index (χ2n) is 9.13. The standard InChI is InChI=1S/C26H32N2O/c29-26(27-24-8-4-5-9-24)28-17-16-23-18-22(14-15-25(23)28)21-12-10-20(11-13-21)19-6-2-1-3-7-19/h10-15,18-19,24H,1-9,16-17H2,(H,27,29). The van der Waals surface area contributed by atoms with Crippen molar-refractivity contribution < 1.29 is 4.79 Å². The largest absolute Gasteiger partial charge is 0.335 e. The molecule has 0 saturated heterocycles. The van der Waals surface area contributed by atoms with Gasteiger partial charge in [0.1, 0.15) is 0 Å². The van der Waals surface area contributed by atoms with Crippen LogP contribution >= 0.6 is 0 Å². The lowest BCUT2D eigenvalue weighted by atomic mass is 9.83. The van der Waals surface area contributed by atoms with Crippen molar-refractivity contribution in [3.05, 3.63) is 53.6 Å². The molecule has 152 valence electrons. The van der Waals surface area contributed by atoms with Gasteiger partial charge in [0.25, 0.3) is 0 Å². The Balaban J connectivity index is 1.30. The summed E-state index contributed by atoms with van der Waals surface area (Å²) < 4.78 is 0. The van der Waals surface area contributed by atoms with E-state index in [1.54, 1.807) is 0 Å². The van der Waals surface area contributed by atoms with Gasteiger partial charge < -0.3 is 5.32 Å². The summed E-state index contributed by atoms with van der Waals surface area (Å²) in [5.74, 6) is 0.754. The summed E-state index contributed by atoms with van der Waals surface area (Å²) in [6, 6.07) is 16.3. The Kier molecular flexibility index (Phi) is 5.30. The molecule has 3 heteroatoms. The van der Waals surface area contributed by atoms with Crippen LogP contribution in [-0.4, -0.2) is 18.6 Å². The highest BCUT2D eigenvalue weighted by atomic mass is 16.2. The number of fused-ring (bicyclic) bond motifs is 1.